The van der Waals surface area contributed by atoms with E-state index in [1.54, 1.807) is 6.33 Å². The highest BCUT2D eigenvalue weighted by Gasteiger charge is 2.08. The molecule has 0 saturated carbocycles. The van der Waals surface area contributed by atoms with Crippen LogP contribution in [-0.2, 0) is 6.54 Å². The van der Waals surface area contributed by atoms with Crippen LogP contribution in [0.25, 0.3) is 11.2 Å². The molecule has 2 N–H and O–H groups in total. The minimum Gasteiger partial charge on any atom is -0.368 e. The molecule has 0 fully saturated rings. The third-order valence-electron chi connectivity index (χ3n) is 2.38. The molecule has 2 rings (SSSR count). The van der Waals surface area contributed by atoms with Gasteiger partial charge in [0.25, 0.3) is 0 Å². The highest BCUT2D eigenvalue weighted by Crippen LogP contribution is 2.17. The Labute approximate surface area is 98.9 Å². The Balaban J connectivity index is 2.55. The zero-order chi connectivity index (χ0) is 11.5. The molecule has 0 aliphatic heterocycles. The first-order chi connectivity index (χ1) is 7.76. The fourth-order valence-corrected chi connectivity index (χ4v) is 1.76. The molecule has 16 heavy (non-hydrogen) atoms. The molecular formula is C10H15N5S. The van der Waals surface area contributed by atoms with E-state index in [-0.39, 0.29) is 0 Å². The van der Waals surface area contributed by atoms with Gasteiger partial charge in [-0.15, -0.1) is 0 Å². The lowest BCUT2D eigenvalue weighted by molar-refractivity contribution is 0.776. The van der Waals surface area contributed by atoms with Crippen LogP contribution in [0.3, 0.4) is 0 Å². The molecule has 2 heterocycles. The average Bonchev–Trinajstić information content (AvgIpc) is 2.68. The van der Waals surface area contributed by atoms with Crippen LogP contribution in [0.2, 0.25) is 0 Å². The number of aromatic nitrogens is 4. The summed E-state index contributed by atoms with van der Waals surface area (Å²) >= 11 is 5.10. The van der Waals surface area contributed by atoms with Crippen LogP contribution in [0.4, 0.5) is 5.82 Å². The number of rotatable bonds is 4. The van der Waals surface area contributed by atoms with Gasteiger partial charge in [0.05, 0.1) is 6.33 Å². The summed E-state index contributed by atoms with van der Waals surface area (Å²) in [6.45, 7) is 5.91. The maximum Gasteiger partial charge on any atom is 0.200 e. The molecule has 6 heteroatoms. The lowest BCUT2D eigenvalue weighted by atomic mass is 10.4. The van der Waals surface area contributed by atoms with E-state index in [1.165, 1.54) is 0 Å². The molecule has 0 saturated heterocycles. The summed E-state index contributed by atoms with van der Waals surface area (Å²) in [4.78, 5) is 11.7. The predicted octanol–water partition coefficient (Wildman–Crippen LogP) is 2.33. The second-order valence-corrected chi connectivity index (χ2v) is 3.93. The van der Waals surface area contributed by atoms with E-state index < -0.39 is 0 Å². The Bertz CT molecular complexity index is 542. The molecule has 0 radical (unpaired) electrons. The Hall–Kier alpha value is -1.43. The number of aryl methyl sites for hydroxylation is 1. The number of aromatic amines is 1. The van der Waals surface area contributed by atoms with Gasteiger partial charge < -0.3 is 14.9 Å². The van der Waals surface area contributed by atoms with Crippen molar-refractivity contribution in [2.45, 2.75) is 26.8 Å². The van der Waals surface area contributed by atoms with Crippen molar-refractivity contribution in [2.24, 2.45) is 0 Å². The molecule has 0 unspecified atom stereocenters. The minimum atomic E-state index is 0.487. The molecule has 0 aliphatic rings. The summed E-state index contributed by atoms with van der Waals surface area (Å²) in [5.41, 5.74) is 1.78. The Morgan fingerprint density at radius 3 is 3.00 bits per heavy atom. The summed E-state index contributed by atoms with van der Waals surface area (Å²) in [7, 11) is 0. The fourth-order valence-electron chi connectivity index (χ4n) is 1.58. The summed E-state index contributed by atoms with van der Waals surface area (Å²) in [5.74, 6) is 0.771. The highest BCUT2D eigenvalue weighted by atomic mass is 32.1. The van der Waals surface area contributed by atoms with Gasteiger partial charge in [-0.05, 0) is 25.6 Å². The number of anilines is 1. The van der Waals surface area contributed by atoms with Crippen molar-refractivity contribution in [3.05, 3.63) is 11.1 Å². The van der Waals surface area contributed by atoms with Crippen molar-refractivity contribution in [3.63, 3.8) is 0 Å². The molecule has 0 bridgehead atoms. The fraction of sp³-hybridized carbons (Fsp3) is 0.500. The van der Waals surface area contributed by atoms with E-state index in [0.29, 0.717) is 4.77 Å². The van der Waals surface area contributed by atoms with Crippen LogP contribution in [0.5, 0.6) is 0 Å². The molecule has 0 aromatic carbocycles. The van der Waals surface area contributed by atoms with Gasteiger partial charge in [-0.1, -0.05) is 6.92 Å². The average molecular weight is 237 g/mol. The molecule has 5 nitrogen and oxygen atoms in total. The number of hydrogen-bond donors (Lipinski definition) is 2. The molecular weight excluding hydrogens is 222 g/mol. The summed E-state index contributed by atoms with van der Waals surface area (Å²) in [6.07, 6.45) is 2.85. The van der Waals surface area contributed by atoms with Crippen molar-refractivity contribution < 1.29 is 0 Å². The van der Waals surface area contributed by atoms with Gasteiger partial charge in [0, 0.05) is 13.1 Å². The lowest BCUT2D eigenvalue weighted by Crippen LogP contribution is -2.04. The number of nitrogens with one attached hydrogen (secondary N) is 2. The third kappa shape index (κ3) is 1.92. The Kier molecular flexibility index (Phi) is 3.19. The van der Waals surface area contributed by atoms with Crippen LogP contribution >= 0.6 is 12.2 Å². The zero-order valence-electron chi connectivity index (χ0n) is 9.45. The van der Waals surface area contributed by atoms with Crippen LogP contribution in [0.1, 0.15) is 20.3 Å². The van der Waals surface area contributed by atoms with Gasteiger partial charge >= 0.3 is 0 Å². The zero-order valence-corrected chi connectivity index (χ0v) is 10.3. The molecule has 0 spiro atoms. The maximum atomic E-state index is 5.10. The number of imidazole rings is 1. The third-order valence-corrected chi connectivity index (χ3v) is 2.58. The lowest BCUT2D eigenvalue weighted by Gasteiger charge is -2.05. The molecule has 86 valence electrons. The van der Waals surface area contributed by atoms with Crippen molar-refractivity contribution in [1.82, 2.24) is 19.5 Å². The maximum absolute atomic E-state index is 5.10. The number of hydrogen-bond acceptors (Lipinski definition) is 4. The van der Waals surface area contributed by atoms with Crippen LogP contribution in [-0.4, -0.2) is 26.1 Å². The van der Waals surface area contributed by atoms with Crippen LogP contribution in [0, 0.1) is 4.77 Å². The van der Waals surface area contributed by atoms with Gasteiger partial charge in [-0.3, -0.25) is 0 Å². The Morgan fingerprint density at radius 1 is 1.50 bits per heavy atom. The van der Waals surface area contributed by atoms with Gasteiger partial charge in [0.15, 0.2) is 10.6 Å². The molecule has 2 aromatic rings. The topological polar surface area (TPSA) is 58.5 Å². The monoisotopic (exact) mass is 237 g/mol. The second kappa shape index (κ2) is 4.61. The largest absolute Gasteiger partial charge is 0.368 e. The number of H-pyrrole nitrogens is 1. The first-order valence-corrected chi connectivity index (χ1v) is 5.86. The van der Waals surface area contributed by atoms with Crippen molar-refractivity contribution >= 4 is 29.2 Å². The quantitative estimate of drug-likeness (QED) is 0.801. The molecule has 0 atom stereocenters. The van der Waals surface area contributed by atoms with Crippen molar-refractivity contribution in [3.8, 4) is 0 Å². The summed E-state index contributed by atoms with van der Waals surface area (Å²) in [5, 5.41) is 3.24. The first-order valence-electron chi connectivity index (χ1n) is 5.45. The standard InChI is InChI=1S/C10H15N5S/c1-3-5-11-8-7-9(14-10(16)13-8)15(4-2)6-12-7/h6H,3-5H2,1-2H3,(H2,11,13,14,16). The van der Waals surface area contributed by atoms with Gasteiger partial charge in [0.2, 0.25) is 0 Å². The number of fused-ring (bicyclic) bond motifs is 1. The van der Waals surface area contributed by atoms with Gasteiger partial charge in [0.1, 0.15) is 11.2 Å². The van der Waals surface area contributed by atoms with Crippen molar-refractivity contribution in [2.75, 3.05) is 11.9 Å². The van der Waals surface area contributed by atoms with Gasteiger partial charge in [-0.25, -0.2) is 9.97 Å². The van der Waals surface area contributed by atoms with Gasteiger partial charge in [-0.2, -0.15) is 0 Å². The van der Waals surface area contributed by atoms with E-state index in [4.69, 9.17) is 12.2 Å². The molecule has 2 aromatic heterocycles. The van der Waals surface area contributed by atoms with E-state index in [1.807, 2.05) is 4.57 Å². The predicted molar refractivity (Wildman–Crippen MR) is 67.2 cm³/mol. The minimum absolute atomic E-state index is 0.487. The highest BCUT2D eigenvalue weighted by molar-refractivity contribution is 7.71. The van der Waals surface area contributed by atoms with E-state index in [0.717, 1.165) is 36.5 Å². The smallest absolute Gasteiger partial charge is 0.200 e. The molecule has 0 aliphatic carbocycles. The summed E-state index contributed by atoms with van der Waals surface area (Å²) < 4.78 is 2.51. The Morgan fingerprint density at radius 2 is 2.31 bits per heavy atom. The van der Waals surface area contributed by atoms with Crippen LogP contribution < -0.4 is 5.32 Å². The molecule has 0 amide bonds. The normalized spacial score (nSPS) is 10.9. The van der Waals surface area contributed by atoms with E-state index in [9.17, 15) is 0 Å². The second-order valence-electron chi connectivity index (χ2n) is 3.55. The van der Waals surface area contributed by atoms with E-state index in [2.05, 4.69) is 34.1 Å². The summed E-state index contributed by atoms with van der Waals surface area (Å²) in [6, 6.07) is 0. The van der Waals surface area contributed by atoms with Crippen LogP contribution in [0.15, 0.2) is 6.33 Å². The SMILES string of the molecule is CCCNc1nc(=S)[nH]c2c1ncn2CC. The van der Waals surface area contributed by atoms with Crippen molar-refractivity contribution in [1.29, 1.82) is 0 Å². The number of nitrogens with zero attached hydrogens (tertiary/aromatic N) is 3. The first kappa shape index (κ1) is 11.1. The van der Waals surface area contributed by atoms with E-state index >= 15 is 0 Å².